The number of aryl methyl sites for hydroxylation is 1. The Morgan fingerprint density at radius 3 is 2.82 bits per heavy atom. The third-order valence-corrected chi connectivity index (χ3v) is 3.63. The molecule has 0 saturated carbocycles. The first-order valence-electron chi connectivity index (χ1n) is 7.68. The molecule has 0 aromatic carbocycles. The number of pyridine rings is 1. The summed E-state index contributed by atoms with van der Waals surface area (Å²) in [7, 11) is 0. The van der Waals surface area contributed by atoms with Crippen LogP contribution in [0.1, 0.15) is 42.2 Å². The van der Waals surface area contributed by atoms with Crippen LogP contribution in [0.3, 0.4) is 0 Å². The lowest BCUT2D eigenvalue weighted by atomic mass is 10.1. The van der Waals surface area contributed by atoms with Crippen molar-refractivity contribution in [3.8, 4) is 11.5 Å². The zero-order valence-corrected chi connectivity index (χ0v) is 13.1. The molecule has 5 nitrogen and oxygen atoms in total. The van der Waals surface area contributed by atoms with E-state index in [2.05, 4.69) is 17.2 Å². The van der Waals surface area contributed by atoms with Crippen molar-refractivity contribution < 1.29 is 9.21 Å². The van der Waals surface area contributed by atoms with E-state index in [-0.39, 0.29) is 11.9 Å². The minimum absolute atomic E-state index is 0.0107. The molecule has 0 spiro atoms. The zero-order valence-electron chi connectivity index (χ0n) is 13.1. The van der Waals surface area contributed by atoms with E-state index in [4.69, 9.17) is 10.2 Å². The minimum atomic E-state index is -0.123. The number of amides is 1. The number of nitrogens with two attached hydrogens (primary N) is 1. The predicted octanol–water partition coefficient (Wildman–Crippen LogP) is 2.90. The fraction of sp³-hybridized carbons (Fsp3) is 0.412. The van der Waals surface area contributed by atoms with Crippen LogP contribution in [0.4, 0.5) is 0 Å². The summed E-state index contributed by atoms with van der Waals surface area (Å²) in [4.78, 5) is 16.8. The molecule has 0 bridgehead atoms. The van der Waals surface area contributed by atoms with Crippen LogP contribution in [-0.4, -0.2) is 23.5 Å². The molecule has 5 heteroatoms. The van der Waals surface area contributed by atoms with E-state index < -0.39 is 0 Å². The molecule has 1 amide bonds. The van der Waals surface area contributed by atoms with Crippen LogP contribution in [0.15, 0.2) is 34.9 Å². The summed E-state index contributed by atoms with van der Waals surface area (Å²) in [6, 6.07) is 7.24. The molecule has 3 N–H and O–H groups in total. The third-order valence-electron chi connectivity index (χ3n) is 3.63. The van der Waals surface area contributed by atoms with Crippen LogP contribution in [0.25, 0.3) is 11.5 Å². The summed E-state index contributed by atoms with van der Waals surface area (Å²) in [5.41, 5.74) is 7.70. The van der Waals surface area contributed by atoms with Crippen molar-refractivity contribution in [2.75, 3.05) is 6.54 Å². The topological polar surface area (TPSA) is 81.1 Å². The first-order valence-corrected chi connectivity index (χ1v) is 7.68. The van der Waals surface area contributed by atoms with Crippen molar-refractivity contribution in [1.29, 1.82) is 0 Å². The van der Waals surface area contributed by atoms with E-state index in [1.807, 2.05) is 19.1 Å². The van der Waals surface area contributed by atoms with Gasteiger partial charge in [-0.3, -0.25) is 4.79 Å². The Hall–Kier alpha value is -2.14. The number of hydrogen-bond acceptors (Lipinski definition) is 4. The second-order valence-electron chi connectivity index (χ2n) is 5.36. The number of aromatic nitrogens is 1. The van der Waals surface area contributed by atoms with Crippen LogP contribution in [0.2, 0.25) is 0 Å². The summed E-state index contributed by atoms with van der Waals surface area (Å²) in [5.74, 6) is 0.570. The molecule has 0 aliphatic heterocycles. The van der Waals surface area contributed by atoms with Gasteiger partial charge in [-0.1, -0.05) is 19.8 Å². The van der Waals surface area contributed by atoms with Crippen molar-refractivity contribution in [2.24, 2.45) is 5.73 Å². The molecule has 1 atom stereocenters. The first kappa shape index (κ1) is 16.2. The third kappa shape index (κ3) is 3.95. The van der Waals surface area contributed by atoms with E-state index in [0.29, 0.717) is 23.6 Å². The molecule has 2 heterocycles. The van der Waals surface area contributed by atoms with Gasteiger partial charge < -0.3 is 15.5 Å². The number of nitrogens with one attached hydrogen (secondary N) is 1. The monoisotopic (exact) mass is 301 g/mol. The van der Waals surface area contributed by atoms with E-state index in [1.165, 1.54) is 0 Å². The lowest BCUT2D eigenvalue weighted by Gasteiger charge is -2.17. The van der Waals surface area contributed by atoms with Gasteiger partial charge in [-0.05, 0) is 37.6 Å². The van der Waals surface area contributed by atoms with Crippen molar-refractivity contribution in [3.63, 3.8) is 0 Å². The van der Waals surface area contributed by atoms with Crippen LogP contribution in [0.5, 0.6) is 0 Å². The average molecular weight is 301 g/mol. The van der Waals surface area contributed by atoms with Crippen molar-refractivity contribution in [1.82, 2.24) is 10.3 Å². The van der Waals surface area contributed by atoms with Gasteiger partial charge in [-0.2, -0.15) is 0 Å². The van der Waals surface area contributed by atoms with Gasteiger partial charge in [0.1, 0.15) is 5.69 Å². The Labute approximate surface area is 130 Å². The van der Waals surface area contributed by atoms with Crippen LogP contribution >= 0.6 is 0 Å². The Morgan fingerprint density at radius 1 is 1.41 bits per heavy atom. The maximum absolute atomic E-state index is 12.4. The van der Waals surface area contributed by atoms with Gasteiger partial charge in [-0.25, -0.2) is 4.98 Å². The lowest BCUT2D eigenvalue weighted by molar-refractivity contribution is 0.0934. The van der Waals surface area contributed by atoms with Gasteiger partial charge in [0, 0.05) is 12.6 Å². The van der Waals surface area contributed by atoms with Crippen LogP contribution < -0.4 is 11.1 Å². The Balaban J connectivity index is 2.10. The minimum Gasteiger partial charge on any atom is -0.463 e. The first-order chi connectivity index (χ1) is 10.7. The summed E-state index contributed by atoms with van der Waals surface area (Å²) in [6.07, 6.45) is 4.64. The molecule has 0 radical (unpaired) electrons. The normalized spacial score (nSPS) is 12.1. The number of nitrogens with zero attached hydrogens (tertiary/aromatic N) is 1. The standard InChI is InChI=1S/C17H23N3O2/c1-3-4-6-13(11-18)20-17(21)14-8-9-15(19-12(14)2)16-7-5-10-22-16/h5,7-10,13H,3-4,6,11,18H2,1-2H3,(H,20,21). The van der Waals surface area contributed by atoms with Crippen LogP contribution in [0, 0.1) is 6.92 Å². The largest absolute Gasteiger partial charge is 0.463 e. The smallest absolute Gasteiger partial charge is 0.253 e. The van der Waals surface area contributed by atoms with Crippen molar-refractivity contribution >= 4 is 5.91 Å². The number of furan rings is 1. The van der Waals surface area contributed by atoms with Gasteiger partial charge in [-0.15, -0.1) is 0 Å². The number of carbonyl (C=O) groups excluding carboxylic acids is 1. The highest BCUT2D eigenvalue weighted by Gasteiger charge is 2.15. The van der Waals surface area contributed by atoms with E-state index in [0.717, 1.165) is 25.0 Å². The second kappa shape index (κ2) is 7.75. The molecular weight excluding hydrogens is 278 g/mol. The van der Waals surface area contributed by atoms with Gasteiger partial charge in [0.15, 0.2) is 5.76 Å². The lowest BCUT2D eigenvalue weighted by Crippen LogP contribution is -2.40. The molecule has 1 unspecified atom stereocenters. The highest BCUT2D eigenvalue weighted by molar-refractivity contribution is 5.95. The fourth-order valence-corrected chi connectivity index (χ4v) is 2.33. The molecular formula is C17H23N3O2. The maximum atomic E-state index is 12.4. The summed E-state index contributed by atoms with van der Waals surface area (Å²) in [5, 5.41) is 2.99. The fourth-order valence-electron chi connectivity index (χ4n) is 2.33. The summed E-state index contributed by atoms with van der Waals surface area (Å²) < 4.78 is 5.32. The maximum Gasteiger partial charge on any atom is 0.253 e. The summed E-state index contributed by atoms with van der Waals surface area (Å²) in [6.45, 7) is 4.39. The average Bonchev–Trinajstić information content (AvgIpc) is 3.05. The molecule has 0 aliphatic carbocycles. The Morgan fingerprint density at radius 2 is 2.23 bits per heavy atom. The van der Waals surface area contributed by atoms with Gasteiger partial charge in [0.2, 0.25) is 0 Å². The SMILES string of the molecule is CCCCC(CN)NC(=O)c1ccc(-c2ccco2)nc1C. The number of hydrogen-bond donors (Lipinski definition) is 2. The molecule has 0 saturated heterocycles. The molecule has 0 aliphatic rings. The molecule has 2 aromatic heterocycles. The van der Waals surface area contributed by atoms with Crippen LogP contribution in [-0.2, 0) is 0 Å². The molecule has 22 heavy (non-hydrogen) atoms. The number of rotatable bonds is 7. The second-order valence-corrected chi connectivity index (χ2v) is 5.36. The highest BCUT2D eigenvalue weighted by Crippen LogP contribution is 2.19. The predicted molar refractivity (Wildman–Crippen MR) is 86.5 cm³/mol. The Bertz CT molecular complexity index is 608. The van der Waals surface area contributed by atoms with E-state index in [9.17, 15) is 4.79 Å². The quantitative estimate of drug-likeness (QED) is 0.824. The zero-order chi connectivity index (χ0) is 15.9. The molecule has 118 valence electrons. The van der Waals surface area contributed by atoms with Crippen molar-refractivity contribution in [3.05, 3.63) is 41.8 Å². The molecule has 2 rings (SSSR count). The number of carbonyl (C=O) groups is 1. The van der Waals surface area contributed by atoms with Gasteiger partial charge >= 0.3 is 0 Å². The Kier molecular flexibility index (Phi) is 5.72. The number of unbranched alkanes of at least 4 members (excludes halogenated alkanes) is 1. The van der Waals surface area contributed by atoms with Gasteiger partial charge in [0.05, 0.1) is 17.5 Å². The summed E-state index contributed by atoms with van der Waals surface area (Å²) >= 11 is 0. The van der Waals surface area contributed by atoms with E-state index in [1.54, 1.807) is 18.4 Å². The van der Waals surface area contributed by atoms with Crippen molar-refractivity contribution in [2.45, 2.75) is 39.2 Å². The molecule has 2 aromatic rings. The van der Waals surface area contributed by atoms with Gasteiger partial charge in [0.25, 0.3) is 5.91 Å². The van der Waals surface area contributed by atoms with E-state index >= 15 is 0 Å². The molecule has 0 fully saturated rings. The highest BCUT2D eigenvalue weighted by atomic mass is 16.3.